The van der Waals surface area contributed by atoms with E-state index in [9.17, 15) is 4.79 Å². The van der Waals surface area contributed by atoms with Gasteiger partial charge in [0, 0.05) is 6.42 Å². The maximum Gasteiger partial charge on any atom is 0.129 e. The Morgan fingerprint density at radius 1 is 1.40 bits per heavy atom. The summed E-state index contributed by atoms with van der Waals surface area (Å²) >= 11 is 4.79. The number of hydrogen-bond donors (Lipinski definition) is 0. The van der Waals surface area contributed by atoms with E-state index in [1.807, 2.05) is 6.92 Å². The summed E-state index contributed by atoms with van der Waals surface area (Å²) in [6, 6.07) is 0. The molecule has 0 amide bonds. The summed E-state index contributed by atoms with van der Waals surface area (Å²) < 4.78 is 0.824. The lowest BCUT2D eigenvalue weighted by Crippen LogP contribution is -1.80. The Morgan fingerprint density at radius 2 is 1.60 bits per heavy atom. The molecule has 3 heteroatoms. The predicted octanol–water partition coefficient (Wildman–Crippen LogP) is 3.58. The zero-order valence-corrected chi connectivity index (χ0v) is 11.0. The van der Waals surface area contributed by atoms with Crippen molar-refractivity contribution in [1.82, 2.24) is 0 Å². The Morgan fingerprint density at radius 3 is 1.60 bits per heavy atom. The highest BCUT2D eigenvalue weighted by Crippen LogP contribution is 2.11. The van der Waals surface area contributed by atoms with Crippen molar-refractivity contribution in [3.8, 4) is 0 Å². The highest BCUT2D eigenvalue weighted by molar-refractivity contribution is 14.2. The minimum absolute atomic E-state index is 0.255. The lowest BCUT2D eigenvalue weighted by atomic mass is 10.4. The van der Waals surface area contributed by atoms with E-state index in [-0.39, 0.29) is 5.78 Å². The molecule has 1 nitrogen and oxygen atoms in total. The first kappa shape index (κ1) is 13.7. The van der Waals surface area contributed by atoms with Gasteiger partial charge in [0.2, 0.25) is 0 Å². The second-order valence-electron chi connectivity index (χ2n) is 1.85. The Hall–Kier alpha value is 1.13. The van der Waals surface area contributed by atoms with Crippen molar-refractivity contribution in [3.05, 3.63) is 0 Å². The Labute approximate surface area is 90.6 Å². The summed E-state index contributed by atoms with van der Waals surface area (Å²) in [5, 5.41) is 0. The van der Waals surface area contributed by atoms with Crippen molar-refractivity contribution in [1.29, 1.82) is 0 Å². The van der Waals surface area contributed by atoms with Crippen LogP contribution in [-0.4, -0.2) is 7.71 Å². The van der Waals surface area contributed by atoms with Gasteiger partial charge in [0.1, 0.15) is 5.78 Å². The summed E-state index contributed by atoms with van der Waals surface area (Å²) in [7, 11) is 0. The average molecular weight is 368 g/mol. The van der Waals surface area contributed by atoms with Crippen molar-refractivity contribution in [2.45, 2.75) is 35.5 Å². The van der Waals surface area contributed by atoms with E-state index < -0.39 is 0 Å². The molecule has 0 spiro atoms. The van der Waals surface area contributed by atoms with Crippen molar-refractivity contribution in [2.24, 2.45) is 0 Å². The molecular formula is C7H14I2O. The van der Waals surface area contributed by atoms with E-state index in [4.69, 9.17) is 0 Å². The molecule has 0 N–H and O–H groups in total. The van der Waals surface area contributed by atoms with Crippen molar-refractivity contribution < 1.29 is 4.79 Å². The molecule has 0 saturated carbocycles. The number of ketones is 1. The predicted molar refractivity (Wildman–Crippen MR) is 63.1 cm³/mol. The van der Waals surface area contributed by atoms with Gasteiger partial charge in [0.05, 0.1) is 1.93 Å². The normalized spacial score (nSPS) is 8.60. The molecule has 10 heavy (non-hydrogen) atoms. The molecule has 0 unspecified atom stereocenters. The van der Waals surface area contributed by atoms with Gasteiger partial charge in [-0.3, -0.25) is 0 Å². The zero-order chi connectivity index (χ0) is 8.57. The second kappa shape index (κ2) is 10.1. The smallest absolute Gasteiger partial charge is 0.129 e. The van der Waals surface area contributed by atoms with Gasteiger partial charge in [-0.1, -0.05) is 59.0 Å². The van der Waals surface area contributed by atoms with Gasteiger partial charge in [-0.05, 0) is 13.3 Å². The van der Waals surface area contributed by atoms with Crippen LogP contribution in [0.5, 0.6) is 0 Å². The van der Waals surface area contributed by atoms with E-state index in [2.05, 4.69) is 52.1 Å². The number of alkyl halides is 2. The SMILES string of the molecule is CCC(C)=O.CCC(I)I. The van der Waals surface area contributed by atoms with Crippen LogP contribution in [0.2, 0.25) is 0 Å². The van der Waals surface area contributed by atoms with Gasteiger partial charge in [0.25, 0.3) is 0 Å². The lowest BCUT2D eigenvalue weighted by molar-refractivity contribution is -0.116. The molecule has 0 rings (SSSR count). The fourth-order valence-electron chi connectivity index (χ4n) is 0. The van der Waals surface area contributed by atoms with Crippen LogP contribution < -0.4 is 0 Å². The van der Waals surface area contributed by atoms with Crippen LogP contribution in [-0.2, 0) is 4.79 Å². The third-order valence-electron chi connectivity index (χ3n) is 0.806. The van der Waals surface area contributed by atoms with Crippen molar-refractivity contribution in [2.75, 3.05) is 0 Å². The van der Waals surface area contributed by atoms with Crippen LogP contribution >= 0.6 is 45.2 Å². The van der Waals surface area contributed by atoms with Crippen molar-refractivity contribution in [3.63, 3.8) is 0 Å². The zero-order valence-electron chi connectivity index (χ0n) is 6.66. The molecule has 0 heterocycles. The molecular weight excluding hydrogens is 354 g/mol. The van der Waals surface area contributed by atoms with E-state index in [0.717, 1.165) is 1.93 Å². The molecule has 0 aliphatic rings. The van der Waals surface area contributed by atoms with Gasteiger partial charge < -0.3 is 4.79 Å². The lowest BCUT2D eigenvalue weighted by Gasteiger charge is -1.85. The molecule has 0 fully saturated rings. The maximum atomic E-state index is 9.81. The van der Waals surface area contributed by atoms with E-state index in [0.29, 0.717) is 6.42 Å². The van der Waals surface area contributed by atoms with Gasteiger partial charge in [0.15, 0.2) is 0 Å². The quantitative estimate of drug-likeness (QED) is 0.538. The summed E-state index contributed by atoms with van der Waals surface area (Å²) in [4.78, 5) is 9.81. The first-order chi connectivity index (χ1) is 4.54. The number of rotatable bonds is 2. The highest BCUT2D eigenvalue weighted by Gasteiger charge is 1.85. The first-order valence-corrected chi connectivity index (χ1v) is 5.81. The second-order valence-corrected chi connectivity index (χ2v) is 7.25. The van der Waals surface area contributed by atoms with Crippen LogP contribution in [0.1, 0.15) is 33.6 Å². The topological polar surface area (TPSA) is 17.1 Å². The molecule has 0 radical (unpaired) electrons. The largest absolute Gasteiger partial charge is 0.300 e. The third kappa shape index (κ3) is 22.9. The van der Waals surface area contributed by atoms with Crippen LogP contribution in [0.4, 0.5) is 0 Å². The summed E-state index contributed by atoms with van der Waals surface area (Å²) in [5.41, 5.74) is 0. The Kier molecular flexibility index (Phi) is 13.9. The molecule has 0 aromatic rings. The summed E-state index contributed by atoms with van der Waals surface area (Å²) in [5.74, 6) is 0.255. The maximum absolute atomic E-state index is 9.81. The summed E-state index contributed by atoms with van der Waals surface area (Å²) in [6.07, 6.45) is 1.95. The summed E-state index contributed by atoms with van der Waals surface area (Å²) in [6.45, 7) is 5.62. The minimum atomic E-state index is 0.255. The number of carbonyl (C=O) groups is 1. The van der Waals surface area contributed by atoms with Gasteiger partial charge in [-0.25, -0.2) is 0 Å². The molecule has 0 aliphatic heterocycles. The van der Waals surface area contributed by atoms with Gasteiger partial charge >= 0.3 is 0 Å². The van der Waals surface area contributed by atoms with Crippen LogP contribution in [0.15, 0.2) is 0 Å². The van der Waals surface area contributed by atoms with Crippen molar-refractivity contribution >= 4 is 51.0 Å². The fraction of sp³-hybridized carbons (Fsp3) is 0.857. The monoisotopic (exact) mass is 368 g/mol. The van der Waals surface area contributed by atoms with Crippen LogP contribution in [0.25, 0.3) is 0 Å². The molecule has 62 valence electrons. The number of carbonyl (C=O) groups excluding carboxylic acids is 1. The third-order valence-corrected chi connectivity index (χ3v) is 2.57. The molecule has 0 bridgehead atoms. The minimum Gasteiger partial charge on any atom is -0.300 e. The van der Waals surface area contributed by atoms with E-state index >= 15 is 0 Å². The van der Waals surface area contributed by atoms with Crippen LogP contribution in [0, 0.1) is 0 Å². The average Bonchev–Trinajstić information content (AvgIpc) is 1.89. The first-order valence-electron chi connectivity index (χ1n) is 3.32. The number of hydrogen-bond acceptors (Lipinski definition) is 1. The number of halogens is 2. The number of Topliss-reactive ketones (excluding diaryl/α,β-unsaturated/α-hetero) is 1. The highest BCUT2D eigenvalue weighted by atomic mass is 127. The standard InChI is InChI=1S/C4H8O.C3H6I2/c1-3-4(2)5;1-2-3(4)5/h3H2,1-2H3;3H,2H2,1H3. The van der Waals surface area contributed by atoms with E-state index in [1.54, 1.807) is 6.92 Å². The Balaban J connectivity index is 0. The van der Waals surface area contributed by atoms with Gasteiger partial charge in [-0.15, -0.1) is 0 Å². The Bertz CT molecular complexity index is 81.7. The molecule has 0 saturated heterocycles. The fourth-order valence-corrected chi connectivity index (χ4v) is 0. The molecule has 0 aromatic heterocycles. The van der Waals surface area contributed by atoms with Gasteiger partial charge in [-0.2, -0.15) is 0 Å². The molecule has 0 aromatic carbocycles. The molecule has 0 aliphatic carbocycles. The van der Waals surface area contributed by atoms with Crippen LogP contribution in [0.3, 0.4) is 0 Å². The molecule has 0 atom stereocenters. The van der Waals surface area contributed by atoms with E-state index in [1.165, 1.54) is 6.42 Å².